The summed E-state index contributed by atoms with van der Waals surface area (Å²) < 4.78 is 14.4. The molecule has 0 saturated heterocycles. The van der Waals surface area contributed by atoms with Crippen molar-refractivity contribution in [3.05, 3.63) is 64.5 Å². The van der Waals surface area contributed by atoms with E-state index in [1.165, 1.54) is 6.07 Å². The number of rotatable bonds is 3. The second-order valence-corrected chi connectivity index (χ2v) is 7.31. The highest BCUT2D eigenvalue weighted by molar-refractivity contribution is 6.32. The van der Waals surface area contributed by atoms with Gasteiger partial charge in [0.2, 0.25) is 0 Å². The predicted octanol–water partition coefficient (Wildman–Crippen LogP) is 5.29. The standard InChI is InChI=1S/C21H19ClFN5/c1-12(2)17-19(13(3)8-9-25-17)28-11-24-10-16-21(28)27-18(20(22)26-16)14-6-4-5-7-15(14)23/h4-10,12H,11H2,1-3H3. The number of pyridine rings is 1. The Labute approximate surface area is 168 Å². The topological polar surface area (TPSA) is 54.3 Å². The van der Waals surface area contributed by atoms with Crippen LogP contribution in [0.25, 0.3) is 11.3 Å². The maximum atomic E-state index is 14.4. The smallest absolute Gasteiger partial charge is 0.163 e. The number of hydrogen-bond donors (Lipinski definition) is 0. The Kier molecular flexibility index (Phi) is 4.81. The summed E-state index contributed by atoms with van der Waals surface area (Å²) in [6.07, 6.45) is 3.46. The highest BCUT2D eigenvalue weighted by Gasteiger charge is 2.26. The van der Waals surface area contributed by atoms with Gasteiger partial charge in [0.1, 0.15) is 23.9 Å². The van der Waals surface area contributed by atoms with E-state index in [-0.39, 0.29) is 11.1 Å². The summed E-state index contributed by atoms with van der Waals surface area (Å²) in [6, 6.07) is 8.37. The third-order valence-corrected chi connectivity index (χ3v) is 4.92. The van der Waals surface area contributed by atoms with Gasteiger partial charge in [-0.25, -0.2) is 14.4 Å². The quantitative estimate of drug-likeness (QED) is 0.604. The van der Waals surface area contributed by atoms with Crippen LogP contribution < -0.4 is 4.90 Å². The predicted molar refractivity (Wildman–Crippen MR) is 110 cm³/mol. The molecule has 0 amide bonds. The first kappa shape index (κ1) is 18.5. The zero-order valence-corrected chi connectivity index (χ0v) is 16.6. The van der Waals surface area contributed by atoms with Gasteiger partial charge in [0.25, 0.3) is 0 Å². The molecule has 1 aromatic carbocycles. The van der Waals surface area contributed by atoms with E-state index < -0.39 is 5.82 Å². The first-order valence-electron chi connectivity index (χ1n) is 9.02. The minimum absolute atomic E-state index is 0.143. The Hall–Kier alpha value is -2.86. The van der Waals surface area contributed by atoms with Crippen LogP contribution in [0.3, 0.4) is 0 Å². The third-order valence-electron chi connectivity index (χ3n) is 4.65. The second-order valence-electron chi connectivity index (χ2n) is 6.95. The largest absolute Gasteiger partial charge is 0.302 e. The Morgan fingerprint density at radius 2 is 1.93 bits per heavy atom. The monoisotopic (exact) mass is 395 g/mol. The van der Waals surface area contributed by atoms with Gasteiger partial charge < -0.3 is 4.90 Å². The summed E-state index contributed by atoms with van der Waals surface area (Å²) >= 11 is 6.34. The number of nitrogens with zero attached hydrogens (tertiary/aromatic N) is 5. The van der Waals surface area contributed by atoms with Crippen LogP contribution in [0, 0.1) is 12.7 Å². The average Bonchev–Trinajstić information content (AvgIpc) is 2.67. The van der Waals surface area contributed by atoms with Crippen LogP contribution in [0.2, 0.25) is 5.15 Å². The molecule has 1 aliphatic rings. The van der Waals surface area contributed by atoms with Crippen LogP contribution in [0.1, 0.15) is 36.7 Å². The lowest BCUT2D eigenvalue weighted by Crippen LogP contribution is -2.27. The lowest BCUT2D eigenvalue weighted by molar-refractivity contribution is 0.630. The number of aromatic nitrogens is 3. The summed E-state index contributed by atoms with van der Waals surface area (Å²) in [5, 5.41) is 0.143. The van der Waals surface area contributed by atoms with E-state index in [2.05, 4.69) is 28.8 Å². The molecule has 28 heavy (non-hydrogen) atoms. The fraction of sp³-hybridized carbons (Fsp3) is 0.238. The average molecular weight is 396 g/mol. The van der Waals surface area contributed by atoms with Gasteiger partial charge in [-0.2, -0.15) is 0 Å². The molecule has 7 heteroatoms. The van der Waals surface area contributed by atoms with Gasteiger partial charge in [0.15, 0.2) is 11.0 Å². The summed E-state index contributed by atoms with van der Waals surface area (Å²) in [7, 11) is 0. The summed E-state index contributed by atoms with van der Waals surface area (Å²) in [5.74, 6) is 0.418. The zero-order chi connectivity index (χ0) is 19.8. The number of aliphatic imine (C=N–C) groups is 1. The molecule has 0 bridgehead atoms. The molecule has 4 rings (SSSR count). The van der Waals surface area contributed by atoms with Crippen LogP contribution in [0.15, 0.2) is 41.5 Å². The van der Waals surface area contributed by atoms with Gasteiger partial charge in [-0.15, -0.1) is 0 Å². The van der Waals surface area contributed by atoms with Crippen molar-refractivity contribution in [3.63, 3.8) is 0 Å². The van der Waals surface area contributed by atoms with Gasteiger partial charge >= 0.3 is 0 Å². The molecule has 3 aromatic rings. The van der Waals surface area contributed by atoms with Crippen molar-refractivity contribution in [2.24, 2.45) is 4.99 Å². The van der Waals surface area contributed by atoms with E-state index in [1.807, 2.05) is 17.9 Å². The summed E-state index contributed by atoms with van der Waals surface area (Å²) in [5.41, 5.74) is 4.14. The molecule has 1 aliphatic heterocycles. The Morgan fingerprint density at radius 1 is 1.14 bits per heavy atom. The highest BCUT2D eigenvalue weighted by Crippen LogP contribution is 2.38. The first-order chi connectivity index (χ1) is 13.5. The molecule has 2 aromatic heterocycles. The highest BCUT2D eigenvalue weighted by atomic mass is 35.5. The van der Waals surface area contributed by atoms with Crippen LogP contribution >= 0.6 is 11.6 Å². The molecular weight excluding hydrogens is 377 g/mol. The van der Waals surface area contributed by atoms with Gasteiger partial charge in [0, 0.05) is 11.8 Å². The number of fused-ring (bicyclic) bond motifs is 1. The van der Waals surface area contributed by atoms with Crippen molar-refractivity contribution in [1.82, 2.24) is 15.0 Å². The zero-order valence-electron chi connectivity index (χ0n) is 15.8. The fourth-order valence-electron chi connectivity index (χ4n) is 3.33. The molecule has 0 N–H and O–H groups in total. The molecule has 142 valence electrons. The van der Waals surface area contributed by atoms with Crippen molar-refractivity contribution in [3.8, 4) is 11.3 Å². The van der Waals surface area contributed by atoms with Crippen molar-refractivity contribution in [1.29, 1.82) is 0 Å². The molecular formula is C21H19ClFN5. The number of halogens is 2. The number of anilines is 2. The number of aryl methyl sites for hydroxylation is 1. The second kappa shape index (κ2) is 7.28. The molecule has 0 radical (unpaired) electrons. The van der Waals surface area contributed by atoms with Crippen LogP contribution in [0.5, 0.6) is 0 Å². The maximum absolute atomic E-state index is 14.4. The number of hydrogen-bond acceptors (Lipinski definition) is 5. The SMILES string of the molecule is Cc1ccnc(C(C)C)c1N1CN=Cc2nc(Cl)c(-c3ccccc3F)nc21. The van der Waals surface area contributed by atoms with Gasteiger partial charge in [-0.3, -0.25) is 9.98 Å². The van der Waals surface area contributed by atoms with E-state index in [4.69, 9.17) is 16.6 Å². The third kappa shape index (κ3) is 3.14. The van der Waals surface area contributed by atoms with Crippen LogP contribution in [0.4, 0.5) is 15.9 Å². The fourth-order valence-corrected chi connectivity index (χ4v) is 3.56. The minimum atomic E-state index is -0.393. The molecule has 0 unspecified atom stereocenters. The first-order valence-corrected chi connectivity index (χ1v) is 9.40. The Bertz CT molecular complexity index is 1080. The molecule has 0 aliphatic carbocycles. The van der Waals surface area contributed by atoms with Crippen molar-refractivity contribution >= 4 is 29.3 Å². The number of benzene rings is 1. The van der Waals surface area contributed by atoms with E-state index in [0.29, 0.717) is 29.4 Å². The molecule has 0 atom stereocenters. The van der Waals surface area contributed by atoms with Gasteiger partial charge in [-0.05, 0) is 36.6 Å². The molecule has 0 spiro atoms. The molecule has 3 heterocycles. The van der Waals surface area contributed by atoms with Crippen LogP contribution in [-0.2, 0) is 0 Å². The molecule has 0 fully saturated rings. The summed E-state index contributed by atoms with van der Waals surface area (Å²) in [6.45, 7) is 6.60. The van der Waals surface area contributed by atoms with Crippen molar-refractivity contribution in [2.75, 3.05) is 11.6 Å². The lowest BCUT2D eigenvalue weighted by atomic mass is 10.0. The minimum Gasteiger partial charge on any atom is -0.302 e. The van der Waals surface area contributed by atoms with Crippen molar-refractivity contribution < 1.29 is 4.39 Å². The van der Waals surface area contributed by atoms with Gasteiger partial charge in [0.05, 0.1) is 17.6 Å². The van der Waals surface area contributed by atoms with E-state index in [0.717, 1.165) is 16.9 Å². The normalized spacial score (nSPS) is 13.1. The van der Waals surface area contributed by atoms with E-state index >= 15 is 0 Å². The van der Waals surface area contributed by atoms with E-state index in [1.54, 1.807) is 30.6 Å². The van der Waals surface area contributed by atoms with Crippen molar-refractivity contribution in [2.45, 2.75) is 26.7 Å². The summed E-state index contributed by atoms with van der Waals surface area (Å²) in [4.78, 5) is 20.1. The lowest BCUT2D eigenvalue weighted by Gasteiger charge is -2.30. The Morgan fingerprint density at radius 3 is 2.68 bits per heavy atom. The van der Waals surface area contributed by atoms with Crippen LogP contribution in [-0.4, -0.2) is 27.8 Å². The molecule has 5 nitrogen and oxygen atoms in total. The van der Waals surface area contributed by atoms with Gasteiger partial charge in [-0.1, -0.05) is 37.6 Å². The maximum Gasteiger partial charge on any atom is 0.163 e. The molecule has 0 saturated carbocycles. The van der Waals surface area contributed by atoms with E-state index in [9.17, 15) is 4.39 Å². The Balaban J connectivity index is 1.93.